The van der Waals surface area contributed by atoms with E-state index in [1.165, 1.54) is 25.6 Å². The number of benzene rings is 7. The summed E-state index contributed by atoms with van der Waals surface area (Å²) in [5.41, 5.74) is 12.7. The number of thiophene rings is 1. The summed E-state index contributed by atoms with van der Waals surface area (Å²) in [5.74, 6) is 1.83. The van der Waals surface area contributed by atoms with Gasteiger partial charge in [0, 0.05) is 60.7 Å². The number of aromatic nitrogens is 7. The van der Waals surface area contributed by atoms with Crippen molar-refractivity contribution in [1.29, 1.82) is 0 Å². The van der Waals surface area contributed by atoms with Crippen molar-refractivity contribution in [2.24, 2.45) is 0 Å². The average Bonchev–Trinajstić information content (AvgIpc) is 4.01. The molecule has 0 aliphatic carbocycles. The first-order valence-corrected chi connectivity index (χ1v) is 21.7. The molecule has 0 aliphatic rings. The Morgan fingerprint density at radius 3 is 1.60 bits per heavy atom. The van der Waals surface area contributed by atoms with Crippen molar-refractivity contribution >= 4 is 75.3 Å². The van der Waals surface area contributed by atoms with Crippen molar-refractivity contribution in [2.75, 3.05) is 0 Å². The maximum absolute atomic E-state index is 5.12. The van der Waals surface area contributed by atoms with Gasteiger partial charge in [0.2, 0.25) is 5.95 Å². The average molecular weight is 824 g/mol. The Labute approximate surface area is 364 Å². The molecule has 6 heterocycles. The zero-order valence-electron chi connectivity index (χ0n) is 33.6. The Hall–Kier alpha value is -8.33. The molecule has 0 spiro atoms. The molecule has 8 heteroatoms. The first-order valence-electron chi connectivity index (χ1n) is 20.9. The predicted molar refractivity (Wildman–Crippen MR) is 259 cm³/mol. The van der Waals surface area contributed by atoms with Crippen molar-refractivity contribution in [3.05, 3.63) is 201 Å². The van der Waals surface area contributed by atoms with E-state index in [4.69, 9.17) is 24.9 Å². The minimum Gasteiger partial charge on any atom is -0.308 e. The summed E-state index contributed by atoms with van der Waals surface area (Å²) in [5, 5.41) is 5.80. The molecular formula is C55H33N7S. The van der Waals surface area contributed by atoms with Crippen LogP contribution in [-0.4, -0.2) is 34.1 Å². The van der Waals surface area contributed by atoms with Crippen LogP contribution < -0.4 is 0 Å². The van der Waals surface area contributed by atoms with Gasteiger partial charge in [-0.2, -0.15) is 9.97 Å². The highest BCUT2D eigenvalue weighted by atomic mass is 32.1. The summed E-state index contributed by atoms with van der Waals surface area (Å²) in [4.78, 5) is 24.7. The summed E-state index contributed by atoms with van der Waals surface area (Å²) < 4.78 is 6.94. The minimum absolute atomic E-state index is 0.576. The Kier molecular flexibility index (Phi) is 7.94. The Bertz CT molecular complexity index is 3870. The highest BCUT2D eigenvalue weighted by Gasteiger charge is 2.20. The molecule has 0 saturated carbocycles. The molecule has 13 aromatic rings. The van der Waals surface area contributed by atoms with E-state index < -0.39 is 0 Å². The maximum atomic E-state index is 5.12. The van der Waals surface area contributed by atoms with Gasteiger partial charge < -0.3 is 4.57 Å². The number of hydrogen-bond donors (Lipinski definition) is 0. The highest BCUT2D eigenvalue weighted by Crippen LogP contribution is 2.40. The lowest BCUT2D eigenvalue weighted by Crippen LogP contribution is -2.06. The molecule has 294 valence electrons. The van der Waals surface area contributed by atoms with Gasteiger partial charge in [0.05, 0.1) is 44.2 Å². The fraction of sp³-hybridized carbons (Fsp3) is 0. The van der Waals surface area contributed by atoms with E-state index in [1.54, 1.807) is 11.3 Å². The molecule has 7 nitrogen and oxygen atoms in total. The van der Waals surface area contributed by atoms with Gasteiger partial charge in [0.15, 0.2) is 11.6 Å². The van der Waals surface area contributed by atoms with Crippen LogP contribution in [0.1, 0.15) is 0 Å². The Balaban J connectivity index is 0.938. The maximum Gasteiger partial charge on any atom is 0.238 e. The molecule has 0 radical (unpaired) electrons. The summed E-state index contributed by atoms with van der Waals surface area (Å²) in [6, 6.07) is 64.0. The first kappa shape index (κ1) is 35.4. The molecule has 0 amide bonds. The smallest absolute Gasteiger partial charge is 0.238 e. The molecule has 0 N–H and O–H groups in total. The standard InChI is InChI=1S/C55H33N7S/c1-3-12-34(13-4-1)53-58-54(35-14-5-2-6-15-35)60-55(59-53)62-47-19-10-8-17-42(47)44-30-37(22-25-49(44)62)36-21-24-48-43(29-36)41-16-7-9-18-46(41)61(48)40-28-39(32-56-33-40)38-23-26-50-45(31-38)52-51(63-50)20-11-27-57-52/h1-33H. The zero-order chi connectivity index (χ0) is 41.4. The molecule has 0 unspecified atom stereocenters. The molecule has 0 atom stereocenters. The molecule has 0 saturated heterocycles. The minimum atomic E-state index is 0.576. The summed E-state index contributed by atoms with van der Waals surface area (Å²) in [6.45, 7) is 0. The van der Waals surface area contributed by atoms with Crippen molar-refractivity contribution in [3.63, 3.8) is 0 Å². The second kappa shape index (κ2) is 14.1. The van der Waals surface area contributed by atoms with Crippen LogP contribution >= 0.6 is 11.3 Å². The largest absolute Gasteiger partial charge is 0.308 e. The van der Waals surface area contributed by atoms with Gasteiger partial charge in [0.1, 0.15) is 0 Å². The van der Waals surface area contributed by atoms with Crippen molar-refractivity contribution in [1.82, 2.24) is 34.1 Å². The SMILES string of the molecule is c1ccc(-c2nc(-c3ccccc3)nc(-n3c4ccccc4c4cc(-c5ccc6c(c5)c5ccccc5n6-c5cncc(-c6ccc7sc8cccnc8c7c6)c5)ccc43)n2)cc1. The zero-order valence-corrected chi connectivity index (χ0v) is 34.4. The summed E-state index contributed by atoms with van der Waals surface area (Å²) in [7, 11) is 0. The van der Waals surface area contributed by atoms with Crippen LogP contribution in [0, 0.1) is 0 Å². The third-order valence-corrected chi connectivity index (χ3v) is 13.2. The fourth-order valence-corrected chi connectivity index (χ4v) is 10.2. The molecule has 0 bridgehead atoms. The molecule has 6 aromatic heterocycles. The molecule has 13 rings (SSSR count). The van der Waals surface area contributed by atoms with Gasteiger partial charge in [-0.3, -0.25) is 14.5 Å². The molecule has 7 aromatic carbocycles. The molecule has 0 fully saturated rings. The third-order valence-electron chi connectivity index (χ3n) is 12.1. The third kappa shape index (κ3) is 5.76. The van der Waals surface area contributed by atoms with Crippen molar-refractivity contribution in [2.45, 2.75) is 0 Å². The number of fused-ring (bicyclic) bond motifs is 9. The Morgan fingerprint density at radius 1 is 0.365 bits per heavy atom. The van der Waals surface area contributed by atoms with Crippen LogP contribution in [0.15, 0.2) is 201 Å². The summed E-state index contributed by atoms with van der Waals surface area (Å²) >= 11 is 1.78. The van der Waals surface area contributed by atoms with Crippen LogP contribution in [-0.2, 0) is 0 Å². The highest BCUT2D eigenvalue weighted by molar-refractivity contribution is 7.25. The van der Waals surface area contributed by atoms with Crippen LogP contribution in [0.4, 0.5) is 0 Å². The van der Waals surface area contributed by atoms with E-state index in [2.05, 4.69) is 124 Å². The van der Waals surface area contributed by atoms with Crippen LogP contribution in [0.3, 0.4) is 0 Å². The normalized spacial score (nSPS) is 11.8. The number of para-hydroxylation sites is 2. The number of pyridine rings is 2. The van der Waals surface area contributed by atoms with E-state index in [0.717, 1.165) is 77.4 Å². The second-order valence-electron chi connectivity index (χ2n) is 15.8. The number of nitrogens with zero attached hydrogens (tertiary/aromatic N) is 7. The summed E-state index contributed by atoms with van der Waals surface area (Å²) in [6.07, 6.45) is 5.79. The van der Waals surface area contributed by atoms with E-state index in [1.807, 2.05) is 85.3 Å². The van der Waals surface area contributed by atoms with Crippen LogP contribution in [0.5, 0.6) is 0 Å². The van der Waals surface area contributed by atoms with Crippen LogP contribution in [0.25, 0.3) is 121 Å². The van der Waals surface area contributed by atoms with Gasteiger partial charge >= 0.3 is 0 Å². The van der Waals surface area contributed by atoms with E-state index in [-0.39, 0.29) is 0 Å². The lowest BCUT2D eigenvalue weighted by Gasteiger charge is -2.11. The fourth-order valence-electron chi connectivity index (χ4n) is 9.18. The van der Waals surface area contributed by atoms with Crippen molar-refractivity contribution in [3.8, 4) is 56.7 Å². The lowest BCUT2D eigenvalue weighted by atomic mass is 10.0. The predicted octanol–water partition coefficient (Wildman–Crippen LogP) is 13.9. The van der Waals surface area contributed by atoms with Crippen molar-refractivity contribution < 1.29 is 0 Å². The van der Waals surface area contributed by atoms with E-state index in [0.29, 0.717) is 17.6 Å². The second-order valence-corrected chi connectivity index (χ2v) is 16.9. The Morgan fingerprint density at radius 2 is 0.921 bits per heavy atom. The number of hydrogen-bond acceptors (Lipinski definition) is 6. The topological polar surface area (TPSA) is 74.3 Å². The number of rotatable bonds is 6. The molecular weight excluding hydrogens is 791 g/mol. The van der Waals surface area contributed by atoms with E-state index in [9.17, 15) is 0 Å². The van der Waals surface area contributed by atoms with Gasteiger partial charge in [0.25, 0.3) is 0 Å². The monoisotopic (exact) mass is 823 g/mol. The molecule has 63 heavy (non-hydrogen) atoms. The quantitative estimate of drug-likeness (QED) is 0.167. The van der Waals surface area contributed by atoms with E-state index >= 15 is 0 Å². The molecule has 0 aliphatic heterocycles. The first-order chi connectivity index (χ1) is 31.2. The lowest BCUT2D eigenvalue weighted by molar-refractivity contribution is 0.953. The van der Waals surface area contributed by atoms with Gasteiger partial charge in [-0.25, -0.2) is 4.98 Å². The van der Waals surface area contributed by atoms with Gasteiger partial charge in [-0.05, 0) is 83.4 Å². The van der Waals surface area contributed by atoms with Crippen LogP contribution in [0.2, 0.25) is 0 Å². The van der Waals surface area contributed by atoms with Gasteiger partial charge in [-0.15, -0.1) is 11.3 Å². The van der Waals surface area contributed by atoms with Gasteiger partial charge in [-0.1, -0.05) is 115 Å².